The number of nitrogens with zero attached hydrogens (tertiary/aromatic N) is 2. The first-order valence-corrected chi connectivity index (χ1v) is 2.80. The maximum absolute atomic E-state index is 3.71. The second-order valence-electron chi connectivity index (χ2n) is 1.74. The Morgan fingerprint density at radius 3 is 3.00 bits per heavy atom. The van der Waals surface area contributed by atoms with Crippen LogP contribution in [0.3, 0.4) is 0 Å². The van der Waals surface area contributed by atoms with E-state index in [-0.39, 0.29) is 0 Å². The molecule has 2 heteroatoms. The summed E-state index contributed by atoms with van der Waals surface area (Å²) in [4.78, 5) is 0. The lowest BCUT2D eigenvalue weighted by Gasteiger charge is -1.89. The molecule has 46 valence electrons. The van der Waals surface area contributed by atoms with Crippen molar-refractivity contribution in [1.29, 1.82) is 0 Å². The average Bonchev–Trinajstić information content (AvgIpc) is 1.91. The molecule has 0 amide bonds. The standard InChI is InChI=1S/C7H8N2/c1-2-3-7-4-5-8-9-6-7/h2,4-6H,1,3H2. The fraction of sp³-hybridized carbons (Fsp3) is 0.143. The molecule has 1 aromatic heterocycles. The maximum atomic E-state index is 3.71. The predicted octanol–water partition coefficient (Wildman–Crippen LogP) is 1.21. The molecule has 0 bridgehead atoms. The summed E-state index contributed by atoms with van der Waals surface area (Å²) in [7, 11) is 0. The minimum absolute atomic E-state index is 0.871. The topological polar surface area (TPSA) is 25.8 Å². The summed E-state index contributed by atoms with van der Waals surface area (Å²) in [6, 6.07) is 1.93. The molecule has 1 heterocycles. The molecule has 0 unspecified atom stereocenters. The van der Waals surface area contributed by atoms with Crippen LogP contribution in [0.2, 0.25) is 0 Å². The van der Waals surface area contributed by atoms with Crippen molar-refractivity contribution in [3.05, 3.63) is 36.7 Å². The van der Waals surface area contributed by atoms with Gasteiger partial charge in [0.15, 0.2) is 0 Å². The summed E-state index contributed by atoms with van der Waals surface area (Å²) < 4.78 is 0. The zero-order valence-electron chi connectivity index (χ0n) is 5.12. The van der Waals surface area contributed by atoms with Gasteiger partial charge < -0.3 is 0 Å². The van der Waals surface area contributed by atoms with Gasteiger partial charge in [-0.1, -0.05) is 6.08 Å². The normalized spacial score (nSPS) is 8.89. The van der Waals surface area contributed by atoms with Crippen LogP contribution in [0.5, 0.6) is 0 Å². The highest BCUT2D eigenvalue weighted by Crippen LogP contribution is 1.93. The highest BCUT2D eigenvalue weighted by molar-refractivity contribution is 5.08. The summed E-state index contributed by atoms with van der Waals surface area (Å²) in [6.07, 6.45) is 6.13. The first-order valence-electron chi connectivity index (χ1n) is 2.80. The zero-order chi connectivity index (χ0) is 6.53. The third-order valence-corrected chi connectivity index (χ3v) is 1.03. The van der Waals surface area contributed by atoms with E-state index in [2.05, 4.69) is 16.8 Å². The summed E-state index contributed by atoms with van der Waals surface area (Å²) >= 11 is 0. The van der Waals surface area contributed by atoms with E-state index in [0.717, 1.165) is 12.0 Å². The molecule has 0 aliphatic carbocycles. The van der Waals surface area contributed by atoms with Crippen LogP contribution in [-0.2, 0) is 6.42 Å². The van der Waals surface area contributed by atoms with Crippen LogP contribution in [0.1, 0.15) is 5.56 Å². The fourth-order valence-corrected chi connectivity index (χ4v) is 0.605. The van der Waals surface area contributed by atoms with Crippen molar-refractivity contribution in [2.45, 2.75) is 6.42 Å². The largest absolute Gasteiger partial charge is 0.159 e. The maximum Gasteiger partial charge on any atom is 0.0531 e. The highest BCUT2D eigenvalue weighted by Gasteiger charge is 1.84. The van der Waals surface area contributed by atoms with Crippen molar-refractivity contribution in [3.8, 4) is 0 Å². The second kappa shape index (κ2) is 2.97. The van der Waals surface area contributed by atoms with Gasteiger partial charge in [0.1, 0.15) is 0 Å². The minimum Gasteiger partial charge on any atom is -0.159 e. The van der Waals surface area contributed by atoms with Gasteiger partial charge in [0, 0.05) is 6.20 Å². The summed E-state index contributed by atoms with van der Waals surface area (Å²) in [5.74, 6) is 0. The van der Waals surface area contributed by atoms with E-state index in [1.807, 2.05) is 12.1 Å². The molecular formula is C7H8N2. The smallest absolute Gasteiger partial charge is 0.0531 e. The summed E-state index contributed by atoms with van der Waals surface area (Å²) in [6.45, 7) is 3.61. The van der Waals surface area contributed by atoms with Crippen LogP contribution in [0.15, 0.2) is 31.1 Å². The quantitative estimate of drug-likeness (QED) is 0.548. The Hall–Kier alpha value is -1.18. The molecule has 1 aromatic rings. The zero-order valence-corrected chi connectivity index (χ0v) is 5.12. The molecule has 0 aliphatic heterocycles. The molecule has 0 N–H and O–H groups in total. The fourth-order valence-electron chi connectivity index (χ4n) is 0.605. The third-order valence-electron chi connectivity index (χ3n) is 1.03. The van der Waals surface area contributed by atoms with Gasteiger partial charge in [0.2, 0.25) is 0 Å². The van der Waals surface area contributed by atoms with Crippen molar-refractivity contribution in [2.24, 2.45) is 0 Å². The Morgan fingerprint density at radius 2 is 2.44 bits per heavy atom. The molecular weight excluding hydrogens is 112 g/mol. The number of hydrogen-bond acceptors (Lipinski definition) is 2. The third kappa shape index (κ3) is 1.64. The van der Waals surface area contributed by atoms with E-state index in [9.17, 15) is 0 Å². The van der Waals surface area contributed by atoms with Gasteiger partial charge in [-0.05, 0) is 18.1 Å². The van der Waals surface area contributed by atoms with Gasteiger partial charge in [0.25, 0.3) is 0 Å². The van der Waals surface area contributed by atoms with E-state index >= 15 is 0 Å². The van der Waals surface area contributed by atoms with E-state index in [0.29, 0.717) is 0 Å². The van der Waals surface area contributed by atoms with Gasteiger partial charge in [-0.15, -0.1) is 6.58 Å². The lowest BCUT2D eigenvalue weighted by Crippen LogP contribution is -1.83. The van der Waals surface area contributed by atoms with Crippen molar-refractivity contribution < 1.29 is 0 Å². The molecule has 0 atom stereocenters. The molecule has 2 nitrogen and oxygen atoms in total. The lowest BCUT2D eigenvalue weighted by molar-refractivity contribution is 1.00. The first-order chi connectivity index (χ1) is 4.43. The van der Waals surface area contributed by atoms with Gasteiger partial charge in [-0.2, -0.15) is 10.2 Å². The van der Waals surface area contributed by atoms with Crippen LogP contribution in [0, 0.1) is 0 Å². The molecule has 1 rings (SSSR count). The Labute approximate surface area is 54.2 Å². The minimum atomic E-state index is 0.871. The first kappa shape index (κ1) is 5.95. The van der Waals surface area contributed by atoms with Crippen LogP contribution in [-0.4, -0.2) is 10.2 Å². The van der Waals surface area contributed by atoms with Crippen LogP contribution < -0.4 is 0 Å². The Bertz CT molecular complexity index is 181. The Kier molecular flexibility index (Phi) is 1.96. The number of aromatic nitrogens is 2. The molecule has 0 aromatic carbocycles. The van der Waals surface area contributed by atoms with E-state index in [4.69, 9.17) is 0 Å². The van der Waals surface area contributed by atoms with E-state index in [1.54, 1.807) is 12.4 Å². The van der Waals surface area contributed by atoms with Crippen molar-refractivity contribution in [2.75, 3.05) is 0 Å². The number of rotatable bonds is 2. The Balaban J connectivity index is 2.72. The van der Waals surface area contributed by atoms with Crippen molar-refractivity contribution in [3.63, 3.8) is 0 Å². The van der Waals surface area contributed by atoms with Gasteiger partial charge in [-0.3, -0.25) is 0 Å². The highest BCUT2D eigenvalue weighted by atomic mass is 15.1. The molecule has 0 spiro atoms. The SMILES string of the molecule is C=CCc1ccnnc1. The number of allylic oxidation sites excluding steroid dienone is 1. The second-order valence-corrected chi connectivity index (χ2v) is 1.74. The van der Waals surface area contributed by atoms with E-state index in [1.165, 1.54) is 0 Å². The van der Waals surface area contributed by atoms with Crippen LogP contribution >= 0.6 is 0 Å². The molecule has 0 saturated heterocycles. The Morgan fingerprint density at radius 1 is 1.56 bits per heavy atom. The van der Waals surface area contributed by atoms with Crippen LogP contribution in [0.4, 0.5) is 0 Å². The lowest BCUT2D eigenvalue weighted by atomic mass is 10.2. The van der Waals surface area contributed by atoms with Crippen LogP contribution in [0.25, 0.3) is 0 Å². The van der Waals surface area contributed by atoms with Crippen molar-refractivity contribution in [1.82, 2.24) is 10.2 Å². The monoisotopic (exact) mass is 120 g/mol. The van der Waals surface area contributed by atoms with Gasteiger partial charge >= 0.3 is 0 Å². The molecule has 0 saturated carbocycles. The average molecular weight is 120 g/mol. The number of hydrogen-bond donors (Lipinski definition) is 0. The van der Waals surface area contributed by atoms with Crippen molar-refractivity contribution >= 4 is 0 Å². The molecule has 0 radical (unpaired) electrons. The van der Waals surface area contributed by atoms with Gasteiger partial charge in [-0.25, -0.2) is 0 Å². The van der Waals surface area contributed by atoms with E-state index < -0.39 is 0 Å². The summed E-state index contributed by atoms with van der Waals surface area (Å²) in [5.41, 5.74) is 1.15. The molecule has 9 heavy (non-hydrogen) atoms. The summed E-state index contributed by atoms with van der Waals surface area (Å²) in [5, 5.41) is 7.35. The predicted molar refractivity (Wildman–Crippen MR) is 35.9 cm³/mol. The molecule has 0 aliphatic rings. The van der Waals surface area contributed by atoms with Gasteiger partial charge in [0.05, 0.1) is 6.20 Å². The molecule has 0 fully saturated rings.